The van der Waals surface area contributed by atoms with Crippen molar-refractivity contribution in [2.24, 2.45) is 35.1 Å². The number of aromatic hydroxyl groups is 2. The van der Waals surface area contributed by atoms with Crippen LogP contribution in [-0.2, 0) is 30.4 Å². The first-order valence-electron chi connectivity index (χ1n) is 20.0. The second-order valence-electron chi connectivity index (χ2n) is 18.0. The molecule has 2 amide bonds. The Hall–Kier alpha value is -6.13. The molecule has 65 heavy (non-hydrogen) atoms. The van der Waals surface area contributed by atoms with E-state index in [4.69, 9.17) is 23.1 Å². The SMILES string of the molecule is CN(C)[C@@H]1C(O)=C(C(N)=O)C(=O)[C@@]2(O)C(O)=C3C(=O)c4c(O)ccc(Cl)c4[C@@](C)(O)[C@H]3C[C@@H]12.CN(C)[C@@H]1C(O)=C(C(N)=O)C(=O)[C@@]2(O)C(O)=C3C(=O)c4c(O)cccc4[C@@](C)(O)[C@H]3C[C@@H]12. The van der Waals surface area contributed by atoms with Crippen molar-refractivity contribution in [2.75, 3.05) is 28.2 Å². The zero-order valence-electron chi connectivity index (χ0n) is 35.6. The predicted octanol–water partition coefficient (Wildman–Crippen LogP) is 0.225. The van der Waals surface area contributed by atoms with E-state index < -0.39 is 150 Å². The summed E-state index contributed by atoms with van der Waals surface area (Å²) in [4.78, 5) is 79.8. The van der Waals surface area contributed by atoms with Gasteiger partial charge < -0.3 is 62.5 Å². The maximum absolute atomic E-state index is 13.4. The number of hydrogen-bond acceptors (Lipinski definition) is 18. The molecule has 0 bridgehead atoms. The van der Waals surface area contributed by atoms with Crippen LogP contribution < -0.4 is 11.5 Å². The quantitative estimate of drug-likeness (QED) is 0.183. The van der Waals surface area contributed by atoms with Crippen molar-refractivity contribution >= 4 is 46.5 Å². The lowest BCUT2D eigenvalue weighted by atomic mass is 9.55. The van der Waals surface area contributed by atoms with Crippen LogP contribution in [-0.4, -0.2) is 147 Å². The van der Waals surface area contributed by atoms with E-state index in [0.29, 0.717) is 0 Å². The Morgan fingerprint density at radius 1 is 0.631 bits per heavy atom. The molecule has 0 unspecified atom stereocenters. The number of benzene rings is 2. The minimum atomic E-state index is -2.78. The first kappa shape index (κ1) is 46.9. The molecule has 6 aliphatic rings. The molecule has 0 saturated heterocycles. The van der Waals surface area contributed by atoms with Crippen LogP contribution in [0.15, 0.2) is 75.7 Å². The molecule has 14 N–H and O–H groups in total. The number of carbonyl (C=O) groups is 6. The summed E-state index contributed by atoms with van der Waals surface area (Å²) in [5.41, 5.74) is -1.86. The van der Waals surface area contributed by atoms with Gasteiger partial charge in [-0.2, -0.15) is 0 Å². The number of hydrogen-bond donors (Lipinski definition) is 12. The lowest BCUT2D eigenvalue weighted by Gasteiger charge is -2.52. The number of amides is 2. The molecule has 20 nitrogen and oxygen atoms in total. The number of halogens is 1. The number of phenols is 2. The third kappa shape index (κ3) is 6.04. The van der Waals surface area contributed by atoms with Crippen LogP contribution in [0.1, 0.15) is 58.5 Å². The van der Waals surface area contributed by atoms with Crippen LogP contribution in [0.2, 0.25) is 5.02 Å². The molecule has 21 heteroatoms. The van der Waals surface area contributed by atoms with Crippen LogP contribution in [0.5, 0.6) is 11.5 Å². The van der Waals surface area contributed by atoms with Gasteiger partial charge in [0.05, 0.1) is 34.4 Å². The Morgan fingerprint density at radius 3 is 1.45 bits per heavy atom. The number of Topliss-reactive ketones (excluding diaryl/α,β-unsaturated/α-hetero) is 4. The standard InChI is InChI=1S/C22H23ClN2O8.C22H24N2O8/c1-21(32)7-6-8-15(25(2)3)17(28)13(20(24)31)19(30)22(8,33)18(29)11(7)16(27)12-10(26)5-4-9(23)14(12)21;1-21(31)8-5-4-6-11(25)12(8)16(26)13-9(21)7-10-15(24(2)3)17(27)14(20(23)30)19(29)22(10,32)18(13)28/h4-5,7-8,15,26,28-29,32-33H,6H2,1-3H3,(H2,24,31);4-6,9-10,15,25,27-28,31-32H,7H2,1-3H3,(H2,23,30)/t7-,8-,15-,21-,22-;9-,10-,15-,21+,22-/m00/s1. The zero-order chi connectivity index (χ0) is 48.7. The molecule has 0 fully saturated rings. The predicted molar refractivity (Wildman–Crippen MR) is 224 cm³/mol. The summed E-state index contributed by atoms with van der Waals surface area (Å²) in [5.74, 6) is -16.2. The number of phenolic OH excluding ortho intramolecular Hbond substituents is 2. The number of aliphatic hydroxyl groups excluding tert-OH is 4. The largest absolute Gasteiger partial charge is 0.510 e. The summed E-state index contributed by atoms with van der Waals surface area (Å²) in [5, 5.41) is 110. The highest BCUT2D eigenvalue weighted by Gasteiger charge is 2.67. The number of aliphatic hydroxyl groups is 8. The highest BCUT2D eigenvalue weighted by Crippen LogP contribution is 2.59. The zero-order valence-corrected chi connectivity index (χ0v) is 36.4. The molecule has 0 aliphatic heterocycles. The topological polar surface area (TPSA) is 363 Å². The van der Waals surface area contributed by atoms with E-state index in [9.17, 15) is 79.8 Å². The van der Waals surface area contributed by atoms with Gasteiger partial charge in [0, 0.05) is 45.4 Å². The fourth-order valence-corrected chi connectivity index (χ4v) is 11.4. The van der Waals surface area contributed by atoms with Crippen LogP contribution in [0.4, 0.5) is 0 Å². The third-order valence-electron chi connectivity index (χ3n) is 14.1. The smallest absolute Gasteiger partial charge is 0.255 e. The molecular formula is C44H47ClN4O16. The average molecular weight is 923 g/mol. The van der Waals surface area contributed by atoms with Gasteiger partial charge in [0.25, 0.3) is 11.8 Å². The monoisotopic (exact) mass is 922 g/mol. The normalized spacial score (nSPS) is 34.0. The Balaban J connectivity index is 0.000000194. The summed E-state index contributed by atoms with van der Waals surface area (Å²) in [6, 6.07) is 4.35. The Labute approximate surface area is 374 Å². The molecule has 346 valence electrons. The van der Waals surface area contributed by atoms with E-state index >= 15 is 0 Å². The van der Waals surface area contributed by atoms with Crippen molar-refractivity contribution in [3.05, 3.63) is 103 Å². The van der Waals surface area contributed by atoms with Gasteiger partial charge in [-0.1, -0.05) is 23.7 Å². The first-order valence-corrected chi connectivity index (χ1v) is 20.4. The number of likely N-dealkylation sites (N-methyl/N-ethyl adjacent to an activating group) is 2. The summed E-state index contributed by atoms with van der Waals surface area (Å²) in [6.45, 7) is 2.74. The highest BCUT2D eigenvalue weighted by molar-refractivity contribution is 6.33. The van der Waals surface area contributed by atoms with E-state index in [-0.39, 0.29) is 40.1 Å². The molecule has 10 atom stereocenters. The summed E-state index contributed by atoms with van der Waals surface area (Å²) >= 11 is 6.26. The van der Waals surface area contributed by atoms with Crippen molar-refractivity contribution in [2.45, 2.75) is 61.2 Å². The van der Waals surface area contributed by atoms with Gasteiger partial charge >= 0.3 is 0 Å². The molecular weight excluding hydrogens is 876 g/mol. The number of rotatable bonds is 4. The van der Waals surface area contributed by atoms with Gasteiger partial charge in [-0.05, 0) is 78.6 Å². The van der Waals surface area contributed by atoms with Crippen LogP contribution in [0, 0.1) is 23.7 Å². The number of nitrogens with two attached hydrogens (primary N) is 2. The van der Waals surface area contributed by atoms with Gasteiger partial charge in [0.15, 0.2) is 22.8 Å². The van der Waals surface area contributed by atoms with Crippen molar-refractivity contribution in [3.8, 4) is 11.5 Å². The van der Waals surface area contributed by atoms with Crippen LogP contribution in [0.25, 0.3) is 0 Å². The number of primary amides is 2. The first-order chi connectivity index (χ1) is 30.0. The molecule has 8 rings (SSSR count). The molecule has 0 radical (unpaired) electrons. The van der Waals surface area contributed by atoms with Gasteiger partial charge in [-0.15, -0.1) is 0 Å². The van der Waals surface area contributed by atoms with Crippen molar-refractivity contribution in [1.82, 2.24) is 9.80 Å². The second-order valence-corrected chi connectivity index (χ2v) is 18.4. The Kier molecular flexibility index (Phi) is 10.8. The number of ketones is 4. The van der Waals surface area contributed by atoms with E-state index in [2.05, 4.69) is 0 Å². The lowest BCUT2D eigenvalue weighted by molar-refractivity contribution is -0.152. The van der Waals surface area contributed by atoms with E-state index in [0.717, 1.165) is 6.07 Å². The summed E-state index contributed by atoms with van der Waals surface area (Å²) in [7, 11) is 6.09. The van der Waals surface area contributed by atoms with E-state index in [1.165, 1.54) is 76.1 Å². The lowest BCUT2D eigenvalue weighted by Crippen LogP contribution is -2.65. The van der Waals surface area contributed by atoms with Gasteiger partial charge in [-0.3, -0.25) is 38.6 Å². The van der Waals surface area contributed by atoms with Gasteiger partial charge in [-0.25, -0.2) is 0 Å². The van der Waals surface area contributed by atoms with Crippen LogP contribution in [0.3, 0.4) is 0 Å². The maximum Gasteiger partial charge on any atom is 0.255 e. The van der Waals surface area contributed by atoms with E-state index in [1.54, 1.807) is 0 Å². The minimum absolute atomic E-state index is 0.00293. The molecule has 0 heterocycles. The molecule has 6 aliphatic carbocycles. The molecule has 0 aromatic heterocycles. The van der Waals surface area contributed by atoms with Gasteiger partial charge in [0.1, 0.15) is 45.7 Å². The Morgan fingerprint density at radius 2 is 1.03 bits per heavy atom. The number of fused-ring (bicyclic) bond motifs is 6. The average Bonchev–Trinajstić information content (AvgIpc) is 3.19. The van der Waals surface area contributed by atoms with Crippen LogP contribution >= 0.6 is 11.6 Å². The molecule has 0 spiro atoms. The Bertz CT molecular complexity index is 2720. The fourth-order valence-electron chi connectivity index (χ4n) is 11.1. The van der Waals surface area contributed by atoms with E-state index in [1.807, 2.05) is 0 Å². The van der Waals surface area contributed by atoms with Crippen molar-refractivity contribution in [1.29, 1.82) is 0 Å². The second kappa shape index (κ2) is 15.0. The molecule has 0 saturated carbocycles. The molecule has 2 aromatic rings. The summed E-state index contributed by atoms with van der Waals surface area (Å²) in [6.07, 6.45) is -0.459. The number of carbonyl (C=O) groups excluding carboxylic acids is 6. The minimum Gasteiger partial charge on any atom is -0.510 e. The van der Waals surface area contributed by atoms with Crippen molar-refractivity contribution in [3.63, 3.8) is 0 Å². The highest BCUT2D eigenvalue weighted by atomic mass is 35.5. The summed E-state index contributed by atoms with van der Waals surface area (Å²) < 4.78 is 0. The number of nitrogens with zero attached hydrogens (tertiary/aromatic N) is 2. The third-order valence-corrected chi connectivity index (χ3v) is 14.4. The molecule has 2 aromatic carbocycles. The van der Waals surface area contributed by atoms with Crippen molar-refractivity contribution < 1.29 is 79.8 Å². The maximum atomic E-state index is 13.4. The fraction of sp³-hybridized carbons (Fsp3) is 0.409. The van der Waals surface area contributed by atoms with Gasteiger partial charge in [0.2, 0.25) is 11.6 Å².